The van der Waals surface area contributed by atoms with E-state index in [9.17, 15) is 13.2 Å². The van der Waals surface area contributed by atoms with Crippen molar-refractivity contribution in [3.8, 4) is 0 Å². The van der Waals surface area contributed by atoms with E-state index in [-0.39, 0.29) is 16.9 Å². The van der Waals surface area contributed by atoms with Gasteiger partial charge in [0.2, 0.25) is 5.91 Å². The van der Waals surface area contributed by atoms with Gasteiger partial charge in [-0.15, -0.1) is 0 Å². The van der Waals surface area contributed by atoms with Crippen molar-refractivity contribution in [3.05, 3.63) is 54.5 Å². The summed E-state index contributed by atoms with van der Waals surface area (Å²) in [5.41, 5.74) is 2.50. The predicted octanol–water partition coefficient (Wildman–Crippen LogP) is 2.13. The zero-order chi connectivity index (χ0) is 19.6. The van der Waals surface area contributed by atoms with E-state index in [4.69, 9.17) is 0 Å². The number of hydrogen-bond donors (Lipinski definition) is 1. The van der Waals surface area contributed by atoms with Crippen molar-refractivity contribution in [2.24, 2.45) is 5.92 Å². The summed E-state index contributed by atoms with van der Waals surface area (Å²) in [4.78, 5) is 21.2. The molecule has 8 heteroatoms. The number of sulfonamides is 1. The van der Waals surface area contributed by atoms with E-state index >= 15 is 0 Å². The van der Waals surface area contributed by atoms with Crippen molar-refractivity contribution in [2.75, 3.05) is 26.2 Å². The van der Waals surface area contributed by atoms with Crippen molar-refractivity contribution in [3.63, 3.8) is 0 Å². The van der Waals surface area contributed by atoms with Crippen molar-refractivity contribution >= 4 is 21.5 Å². The van der Waals surface area contributed by atoms with Crippen LogP contribution in [0, 0.1) is 5.92 Å². The van der Waals surface area contributed by atoms with E-state index in [2.05, 4.69) is 28.2 Å². The van der Waals surface area contributed by atoms with E-state index in [0.29, 0.717) is 39.0 Å². The van der Waals surface area contributed by atoms with Crippen molar-refractivity contribution < 1.29 is 13.2 Å². The molecular formula is C20H24N4O3S. The number of aromatic nitrogens is 2. The first-order chi connectivity index (χ1) is 13.6. The molecule has 148 valence electrons. The number of H-pyrrole nitrogens is 1. The highest BCUT2D eigenvalue weighted by Crippen LogP contribution is 2.27. The molecule has 2 aliphatic rings. The number of benzene rings is 1. The molecule has 0 aliphatic carbocycles. The molecule has 7 nitrogen and oxygen atoms in total. The van der Waals surface area contributed by atoms with E-state index in [1.165, 1.54) is 28.0 Å². The Hall–Kier alpha value is -2.45. The molecule has 0 bridgehead atoms. The molecule has 1 aromatic heterocycles. The highest BCUT2D eigenvalue weighted by atomic mass is 32.2. The van der Waals surface area contributed by atoms with Gasteiger partial charge in [0.15, 0.2) is 5.03 Å². The molecule has 4 rings (SSSR count). The lowest BCUT2D eigenvalue weighted by Crippen LogP contribution is -2.45. The third kappa shape index (κ3) is 3.74. The molecule has 1 N–H and O–H groups in total. The minimum atomic E-state index is -3.55. The van der Waals surface area contributed by atoms with Crippen LogP contribution in [0.5, 0.6) is 0 Å². The summed E-state index contributed by atoms with van der Waals surface area (Å²) in [6.07, 6.45) is 6.76. The zero-order valence-corrected chi connectivity index (χ0v) is 16.4. The van der Waals surface area contributed by atoms with E-state index in [1.807, 2.05) is 23.1 Å². The third-order valence-corrected chi connectivity index (χ3v) is 7.38. The normalized spacial score (nSPS) is 19.4. The van der Waals surface area contributed by atoms with Gasteiger partial charge in [-0.2, -0.15) is 4.31 Å². The summed E-state index contributed by atoms with van der Waals surface area (Å²) >= 11 is 0. The van der Waals surface area contributed by atoms with Gasteiger partial charge in [-0.3, -0.25) is 4.79 Å². The molecular weight excluding hydrogens is 376 g/mol. The average Bonchev–Trinajstić information content (AvgIpc) is 3.30. The second kappa shape index (κ2) is 7.89. The smallest absolute Gasteiger partial charge is 0.260 e. The highest BCUT2D eigenvalue weighted by Gasteiger charge is 2.34. The number of carbonyl (C=O) groups is 1. The number of nitrogens with zero attached hydrogens (tertiary/aromatic N) is 3. The molecule has 1 amide bonds. The lowest BCUT2D eigenvalue weighted by atomic mass is 9.94. The number of rotatable bonds is 4. The van der Waals surface area contributed by atoms with E-state index < -0.39 is 10.0 Å². The van der Waals surface area contributed by atoms with Crippen LogP contribution in [-0.4, -0.2) is 59.7 Å². The van der Waals surface area contributed by atoms with Gasteiger partial charge >= 0.3 is 0 Å². The summed E-state index contributed by atoms with van der Waals surface area (Å²) in [6.45, 7) is 2.05. The first kappa shape index (κ1) is 18.9. The predicted molar refractivity (Wildman–Crippen MR) is 106 cm³/mol. The van der Waals surface area contributed by atoms with Gasteiger partial charge in [-0.1, -0.05) is 36.4 Å². The highest BCUT2D eigenvalue weighted by molar-refractivity contribution is 7.89. The molecule has 1 aromatic carbocycles. The standard InChI is InChI=1S/C20H24N4O3S/c25-20(23-10-6-17(7-11-23)16-4-2-1-3-5-16)18-8-12-24(13-9-18)28(26,27)19-14-21-15-22-19/h1-6,14-15,18H,7-13H2,(H,21,22). The summed E-state index contributed by atoms with van der Waals surface area (Å²) in [5.74, 6) is 0.0295. The van der Waals surface area contributed by atoms with E-state index in [0.717, 1.165) is 6.42 Å². The van der Waals surface area contributed by atoms with Gasteiger partial charge < -0.3 is 9.88 Å². The number of carbonyl (C=O) groups excluding carboxylic acids is 1. The minimum absolute atomic E-state index is 0.104. The molecule has 0 saturated carbocycles. The fourth-order valence-electron chi connectivity index (χ4n) is 3.91. The van der Waals surface area contributed by atoms with Gasteiger partial charge in [0.25, 0.3) is 10.0 Å². The van der Waals surface area contributed by atoms with Crippen LogP contribution >= 0.6 is 0 Å². The van der Waals surface area contributed by atoms with Crippen LogP contribution in [0.4, 0.5) is 0 Å². The number of aromatic amines is 1. The number of amides is 1. The van der Waals surface area contributed by atoms with Gasteiger partial charge in [0.1, 0.15) is 0 Å². The fraction of sp³-hybridized carbons (Fsp3) is 0.400. The van der Waals surface area contributed by atoms with Crippen LogP contribution in [0.3, 0.4) is 0 Å². The Morgan fingerprint density at radius 1 is 1.11 bits per heavy atom. The topological polar surface area (TPSA) is 86.4 Å². The van der Waals surface area contributed by atoms with Crippen LogP contribution in [-0.2, 0) is 14.8 Å². The molecule has 1 saturated heterocycles. The molecule has 28 heavy (non-hydrogen) atoms. The Labute approximate surface area is 165 Å². The van der Waals surface area contributed by atoms with Crippen LogP contribution in [0.15, 0.2) is 54.0 Å². The van der Waals surface area contributed by atoms with Gasteiger partial charge in [-0.25, -0.2) is 13.4 Å². The average molecular weight is 401 g/mol. The van der Waals surface area contributed by atoms with E-state index in [1.54, 1.807) is 0 Å². The largest absolute Gasteiger partial charge is 0.338 e. The Balaban J connectivity index is 1.34. The lowest BCUT2D eigenvalue weighted by Gasteiger charge is -2.34. The molecule has 2 aromatic rings. The summed E-state index contributed by atoms with van der Waals surface area (Å²) in [7, 11) is -3.55. The molecule has 0 radical (unpaired) electrons. The molecule has 0 spiro atoms. The number of imidazole rings is 1. The second-order valence-electron chi connectivity index (χ2n) is 7.22. The number of piperidine rings is 1. The maximum absolute atomic E-state index is 12.9. The molecule has 1 fully saturated rings. The molecule has 2 aliphatic heterocycles. The number of nitrogens with one attached hydrogen (secondary N) is 1. The minimum Gasteiger partial charge on any atom is -0.338 e. The van der Waals surface area contributed by atoms with Crippen LogP contribution in [0.2, 0.25) is 0 Å². The zero-order valence-electron chi connectivity index (χ0n) is 15.6. The summed E-state index contributed by atoms with van der Waals surface area (Å²) in [6, 6.07) is 10.2. The first-order valence-corrected chi connectivity index (χ1v) is 11.0. The van der Waals surface area contributed by atoms with Crippen LogP contribution in [0.25, 0.3) is 5.57 Å². The third-order valence-electron chi connectivity index (χ3n) is 5.56. The maximum atomic E-state index is 12.9. The first-order valence-electron chi connectivity index (χ1n) is 9.57. The van der Waals surface area contributed by atoms with Crippen LogP contribution in [0.1, 0.15) is 24.8 Å². The Morgan fingerprint density at radius 2 is 1.86 bits per heavy atom. The fourth-order valence-corrected chi connectivity index (χ4v) is 5.27. The molecule has 3 heterocycles. The summed E-state index contributed by atoms with van der Waals surface area (Å²) < 4.78 is 26.5. The maximum Gasteiger partial charge on any atom is 0.260 e. The Bertz CT molecular complexity index is 947. The van der Waals surface area contributed by atoms with Crippen LogP contribution < -0.4 is 0 Å². The molecule has 0 unspecified atom stereocenters. The van der Waals surface area contributed by atoms with Gasteiger partial charge in [0, 0.05) is 32.1 Å². The lowest BCUT2D eigenvalue weighted by molar-refractivity contribution is -0.136. The van der Waals surface area contributed by atoms with Crippen molar-refractivity contribution in [1.29, 1.82) is 0 Å². The number of hydrogen-bond acceptors (Lipinski definition) is 4. The van der Waals surface area contributed by atoms with Crippen molar-refractivity contribution in [2.45, 2.75) is 24.3 Å². The van der Waals surface area contributed by atoms with Gasteiger partial charge in [-0.05, 0) is 30.4 Å². The Morgan fingerprint density at radius 3 is 2.46 bits per heavy atom. The monoisotopic (exact) mass is 400 g/mol. The van der Waals surface area contributed by atoms with Crippen molar-refractivity contribution in [1.82, 2.24) is 19.2 Å². The second-order valence-corrected chi connectivity index (χ2v) is 9.13. The Kier molecular flexibility index (Phi) is 5.32. The van der Waals surface area contributed by atoms with Gasteiger partial charge in [0.05, 0.1) is 12.5 Å². The molecule has 0 atom stereocenters. The quantitative estimate of drug-likeness (QED) is 0.852. The SMILES string of the molecule is O=C(C1CCN(S(=O)(=O)c2cnc[nH]2)CC1)N1CC=C(c2ccccc2)CC1. The summed E-state index contributed by atoms with van der Waals surface area (Å²) in [5, 5.41) is 0.104.